The van der Waals surface area contributed by atoms with Gasteiger partial charge in [0, 0.05) is 23.6 Å². The number of rotatable bonds is 3. The molecule has 5 heteroatoms. The summed E-state index contributed by atoms with van der Waals surface area (Å²) in [6, 6.07) is 16.2. The Labute approximate surface area is 163 Å². The first-order valence-electron chi connectivity index (χ1n) is 9.42. The van der Waals surface area contributed by atoms with Gasteiger partial charge in [-0.1, -0.05) is 36.4 Å². The van der Waals surface area contributed by atoms with Crippen LogP contribution in [0, 0.1) is 0 Å². The number of carbonyl (C=O) groups excluding carboxylic acids is 2. The van der Waals surface area contributed by atoms with Crippen LogP contribution in [-0.2, 0) is 14.3 Å². The number of nitrogens with one attached hydrogen (secondary N) is 2. The third-order valence-electron chi connectivity index (χ3n) is 5.03. The summed E-state index contributed by atoms with van der Waals surface area (Å²) in [5.74, 6) is -0.627. The molecule has 28 heavy (non-hydrogen) atoms. The molecule has 1 atom stereocenters. The molecule has 1 aromatic heterocycles. The molecule has 2 aromatic rings. The molecule has 1 aliphatic heterocycles. The van der Waals surface area contributed by atoms with Crippen molar-refractivity contribution in [3.05, 3.63) is 66.0 Å². The van der Waals surface area contributed by atoms with Gasteiger partial charge in [-0.05, 0) is 42.7 Å². The lowest BCUT2D eigenvalue weighted by atomic mass is 9.91. The number of hydrogen-bond donors (Lipinski definition) is 2. The van der Waals surface area contributed by atoms with Gasteiger partial charge in [0.05, 0.1) is 23.8 Å². The molecule has 0 bridgehead atoms. The topological polar surface area (TPSA) is 71.2 Å². The third kappa shape index (κ3) is 3.31. The fourth-order valence-corrected chi connectivity index (χ4v) is 3.58. The van der Waals surface area contributed by atoms with Crippen molar-refractivity contribution in [2.24, 2.45) is 0 Å². The zero-order valence-electron chi connectivity index (χ0n) is 15.9. The van der Waals surface area contributed by atoms with E-state index in [-0.39, 0.29) is 11.7 Å². The highest BCUT2D eigenvalue weighted by atomic mass is 16.5. The zero-order chi connectivity index (χ0) is 19.7. The van der Waals surface area contributed by atoms with Crippen molar-refractivity contribution < 1.29 is 14.3 Å². The predicted molar refractivity (Wildman–Crippen MR) is 110 cm³/mol. The molecule has 0 radical (unpaired) electrons. The molecule has 3 aliphatic rings. The van der Waals surface area contributed by atoms with Gasteiger partial charge in [0.2, 0.25) is 0 Å². The number of ketones is 1. The molecule has 0 amide bonds. The molecule has 1 aromatic carbocycles. The number of H-pyrrole nitrogens is 1. The summed E-state index contributed by atoms with van der Waals surface area (Å²) in [6.45, 7) is 4.12. The maximum Gasteiger partial charge on any atom is 0.341 e. The van der Waals surface area contributed by atoms with Gasteiger partial charge < -0.3 is 15.0 Å². The highest BCUT2D eigenvalue weighted by Crippen LogP contribution is 2.35. The molecule has 5 rings (SSSR count). The van der Waals surface area contributed by atoms with Crippen molar-refractivity contribution in [3.8, 4) is 11.1 Å². The fraction of sp³-hybridized carbons (Fsp3) is 0.217. The Kier molecular flexibility index (Phi) is 4.74. The molecular weight excluding hydrogens is 352 g/mol. The van der Waals surface area contributed by atoms with Gasteiger partial charge >= 0.3 is 5.97 Å². The van der Waals surface area contributed by atoms with Gasteiger partial charge in [-0.15, -0.1) is 0 Å². The molecular formula is C23H22N2O3. The standard InChI is InChI=1S/C17H18N2O3.C6H4/c1-3-22-17(21)13-9-18-8-12(10(2)20)15-11-6-4-5-7-14(11)19-16(13)15;1-2-5-4-6(5)3-1/h4-7,9,12,18-19H,3,8H2,1-2H3;1-4H. The van der Waals surface area contributed by atoms with Gasteiger partial charge in [0.1, 0.15) is 5.78 Å². The number of fused-ring (bicyclic) bond motifs is 4. The normalized spacial score (nSPS) is 15.9. The van der Waals surface area contributed by atoms with Crippen LogP contribution in [0.5, 0.6) is 0 Å². The van der Waals surface area contributed by atoms with E-state index in [4.69, 9.17) is 4.74 Å². The second-order valence-corrected chi connectivity index (χ2v) is 6.89. The Bertz CT molecular complexity index is 1080. The number of para-hydroxylation sites is 1. The molecule has 142 valence electrons. The Morgan fingerprint density at radius 3 is 2.46 bits per heavy atom. The summed E-state index contributed by atoms with van der Waals surface area (Å²) in [4.78, 5) is 27.6. The molecule has 2 aliphatic carbocycles. The highest BCUT2D eigenvalue weighted by molar-refractivity contribution is 6.18. The number of aromatic nitrogens is 1. The monoisotopic (exact) mass is 374 g/mol. The van der Waals surface area contributed by atoms with Crippen molar-refractivity contribution in [2.75, 3.05) is 13.2 Å². The van der Waals surface area contributed by atoms with Crippen LogP contribution >= 0.6 is 0 Å². The zero-order valence-corrected chi connectivity index (χ0v) is 15.9. The lowest BCUT2D eigenvalue weighted by molar-refractivity contribution is -0.136. The second-order valence-electron chi connectivity index (χ2n) is 6.89. The molecule has 2 N–H and O–H groups in total. The number of ether oxygens (including phenoxy) is 1. The van der Waals surface area contributed by atoms with Crippen LogP contribution in [0.25, 0.3) is 27.6 Å². The summed E-state index contributed by atoms with van der Waals surface area (Å²) in [5.41, 5.74) is 5.73. The van der Waals surface area contributed by atoms with Crippen LogP contribution < -0.4 is 5.32 Å². The lowest BCUT2D eigenvalue weighted by Gasteiger charge is -2.12. The van der Waals surface area contributed by atoms with Gasteiger partial charge in [0.25, 0.3) is 0 Å². The SMILES string of the molecule is CCOC(=O)C1=CNCC(C(C)=O)c2c1[nH]c1ccccc21.c1cc2cc-2c1. The van der Waals surface area contributed by atoms with Crippen LogP contribution in [0.3, 0.4) is 0 Å². The first-order chi connectivity index (χ1) is 13.6. The van der Waals surface area contributed by atoms with E-state index in [2.05, 4.69) is 34.6 Å². The Balaban J connectivity index is 0.000000268. The van der Waals surface area contributed by atoms with Crippen LogP contribution in [0.15, 0.2) is 54.7 Å². The quantitative estimate of drug-likeness (QED) is 0.532. The molecule has 0 fully saturated rings. The van der Waals surface area contributed by atoms with Crippen molar-refractivity contribution in [1.82, 2.24) is 10.3 Å². The van der Waals surface area contributed by atoms with E-state index in [0.717, 1.165) is 16.5 Å². The highest BCUT2D eigenvalue weighted by Gasteiger charge is 2.30. The minimum atomic E-state index is -0.396. The maximum atomic E-state index is 12.2. The van der Waals surface area contributed by atoms with E-state index < -0.39 is 5.97 Å². The van der Waals surface area contributed by atoms with Crippen LogP contribution in [-0.4, -0.2) is 29.9 Å². The summed E-state index contributed by atoms with van der Waals surface area (Å²) < 4.78 is 5.13. The van der Waals surface area contributed by atoms with Gasteiger partial charge in [-0.2, -0.15) is 0 Å². The Hall–Kier alpha value is -3.34. The average molecular weight is 374 g/mol. The van der Waals surface area contributed by atoms with Gasteiger partial charge in [-0.25, -0.2) is 4.79 Å². The largest absolute Gasteiger partial charge is 0.462 e. The van der Waals surface area contributed by atoms with E-state index in [1.807, 2.05) is 24.3 Å². The molecule has 0 saturated carbocycles. The third-order valence-corrected chi connectivity index (χ3v) is 5.03. The number of esters is 1. The van der Waals surface area contributed by atoms with Gasteiger partial charge in [0.15, 0.2) is 0 Å². The van der Waals surface area contributed by atoms with Crippen molar-refractivity contribution in [3.63, 3.8) is 0 Å². The second kappa shape index (κ2) is 7.35. The molecule has 0 saturated heterocycles. The van der Waals surface area contributed by atoms with Crippen molar-refractivity contribution in [1.29, 1.82) is 0 Å². The van der Waals surface area contributed by atoms with E-state index in [1.165, 1.54) is 11.1 Å². The Morgan fingerprint density at radius 2 is 1.86 bits per heavy atom. The average Bonchev–Trinajstić information content (AvgIpc) is 3.18. The van der Waals surface area contributed by atoms with E-state index in [9.17, 15) is 9.59 Å². The van der Waals surface area contributed by atoms with E-state index in [0.29, 0.717) is 24.4 Å². The Morgan fingerprint density at radius 1 is 1.11 bits per heavy atom. The minimum absolute atomic E-state index is 0.0667. The first-order valence-corrected chi connectivity index (χ1v) is 9.42. The summed E-state index contributed by atoms with van der Waals surface area (Å²) in [6.07, 6.45) is 1.63. The fourth-order valence-electron chi connectivity index (χ4n) is 3.58. The molecule has 1 unspecified atom stereocenters. The first kappa shape index (κ1) is 18.0. The molecule has 0 spiro atoms. The number of hydrogen-bond acceptors (Lipinski definition) is 4. The minimum Gasteiger partial charge on any atom is -0.462 e. The predicted octanol–water partition coefficient (Wildman–Crippen LogP) is 4.01. The van der Waals surface area contributed by atoms with Crippen LogP contribution in [0.4, 0.5) is 0 Å². The van der Waals surface area contributed by atoms with E-state index >= 15 is 0 Å². The maximum absolute atomic E-state index is 12.2. The number of carbonyl (C=O) groups is 2. The smallest absolute Gasteiger partial charge is 0.341 e. The summed E-state index contributed by atoms with van der Waals surface area (Å²) in [5, 5.41) is 4.03. The number of benzene rings is 2. The van der Waals surface area contributed by atoms with Crippen molar-refractivity contribution in [2.45, 2.75) is 19.8 Å². The number of aromatic amines is 1. The molecule has 2 heterocycles. The summed E-state index contributed by atoms with van der Waals surface area (Å²) >= 11 is 0. The lowest BCUT2D eigenvalue weighted by Crippen LogP contribution is -2.20. The van der Waals surface area contributed by atoms with Gasteiger partial charge in [-0.3, -0.25) is 4.79 Å². The van der Waals surface area contributed by atoms with Crippen LogP contribution in [0.2, 0.25) is 0 Å². The van der Waals surface area contributed by atoms with Crippen LogP contribution in [0.1, 0.15) is 31.0 Å². The van der Waals surface area contributed by atoms with E-state index in [1.54, 1.807) is 20.0 Å². The number of Topliss-reactive ketones (excluding diaryl/α,β-unsaturated/α-hetero) is 1. The van der Waals surface area contributed by atoms with Crippen molar-refractivity contribution >= 4 is 28.2 Å². The summed E-state index contributed by atoms with van der Waals surface area (Å²) in [7, 11) is 0. The molecule has 5 nitrogen and oxygen atoms in total.